The molecule has 1 N–H and O–H groups in total. The molecule has 0 saturated carbocycles. The number of carboxylic acids is 1. The molecule has 0 aliphatic carbocycles. The third kappa shape index (κ3) is 3.62. The van der Waals surface area contributed by atoms with Crippen LogP contribution in [-0.4, -0.2) is 55.3 Å². The predicted molar refractivity (Wildman–Crippen MR) is 88.0 cm³/mol. The number of carbonyl (C=O) groups excluding carboxylic acids is 1. The van der Waals surface area contributed by atoms with Crippen LogP contribution in [0.3, 0.4) is 0 Å². The van der Waals surface area contributed by atoms with E-state index >= 15 is 0 Å². The molecule has 1 amide bonds. The number of aryl methyl sites for hydroxylation is 1. The topological polar surface area (TPSA) is 97.6 Å². The van der Waals surface area contributed by atoms with Gasteiger partial charge in [0.05, 0.1) is 0 Å². The molecule has 1 aromatic heterocycles. The van der Waals surface area contributed by atoms with Crippen LogP contribution in [0.15, 0.2) is 36.9 Å². The van der Waals surface area contributed by atoms with Gasteiger partial charge in [0, 0.05) is 25.9 Å². The zero-order valence-electron chi connectivity index (χ0n) is 14.0. The first kappa shape index (κ1) is 16.9. The molecule has 0 atom stereocenters. The van der Waals surface area contributed by atoms with Crippen molar-refractivity contribution in [2.75, 3.05) is 13.1 Å². The minimum atomic E-state index is -1.31. The van der Waals surface area contributed by atoms with E-state index in [2.05, 4.69) is 10.1 Å². The molecule has 132 valence electrons. The van der Waals surface area contributed by atoms with Gasteiger partial charge in [-0.1, -0.05) is 18.2 Å². The Balaban J connectivity index is 1.67. The van der Waals surface area contributed by atoms with Crippen molar-refractivity contribution < 1.29 is 19.4 Å². The number of hydrogen-bond donors (Lipinski definition) is 1. The Morgan fingerprint density at radius 1 is 1.28 bits per heavy atom. The highest BCUT2D eigenvalue weighted by Gasteiger charge is 2.45. The Morgan fingerprint density at radius 3 is 2.60 bits per heavy atom. The van der Waals surface area contributed by atoms with Crippen LogP contribution in [0.2, 0.25) is 0 Å². The fraction of sp³-hybridized carbons (Fsp3) is 0.412. The number of carboxylic acid groups (broad SMARTS) is 1. The zero-order valence-corrected chi connectivity index (χ0v) is 14.0. The molecule has 3 rings (SSSR count). The maximum Gasteiger partial charge on any atom is 0.348 e. The number of carbonyl (C=O) groups is 2. The SMILES string of the molecule is Cc1ccccc1OC1(C(=O)O)CCN(C(=O)Cn2cncn2)CC1. The van der Waals surface area contributed by atoms with E-state index in [1.165, 1.54) is 17.3 Å². The largest absolute Gasteiger partial charge is 0.478 e. The first-order valence-corrected chi connectivity index (χ1v) is 8.08. The lowest BCUT2D eigenvalue weighted by molar-refractivity contribution is -0.162. The maximum absolute atomic E-state index is 12.3. The van der Waals surface area contributed by atoms with Crippen molar-refractivity contribution in [2.45, 2.75) is 31.9 Å². The standard InChI is InChI=1S/C17H20N4O4/c1-13-4-2-3-5-14(13)25-17(16(23)24)6-8-20(9-7-17)15(22)10-21-12-18-11-19-21/h2-5,11-12H,6-10H2,1H3,(H,23,24). The summed E-state index contributed by atoms with van der Waals surface area (Å²) in [6.45, 7) is 2.62. The summed E-state index contributed by atoms with van der Waals surface area (Å²) in [5.74, 6) is -0.549. The van der Waals surface area contributed by atoms with Crippen molar-refractivity contribution in [1.82, 2.24) is 19.7 Å². The van der Waals surface area contributed by atoms with E-state index in [1.54, 1.807) is 11.0 Å². The molecule has 8 heteroatoms. The molecule has 0 spiro atoms. The Kier molecular flexibility index (Phi) is 4.69. The van der Waals surface area contributed by atoms with Crippen LogP contribution < -0.4 is 4.74 Å². The highest BCUT2D eigenvalue weighted by molar-refractivity contribution is 5.80. The molecular weight excluding hydrogens is 324 g/mol. The Hall–Kier alpha value is -2.90. The smallest absolute Gasteiger partial charge is 0.348 e. The molecule has 25 heavy (non-hydrogen) atoms. The van der Waals surface area contributed by atoms with Crippen molar-refractivity contribution in [3.8, 4) is 5.75 Å². The van der Waals surface area contributed by atoms with Crippen molar-refractivity contribution in [3.63, 3.8) is 0 Å². The molecule has 2 aromatic rings. The van der Waals surface area contributed by atoms with Crippen LogP contribution in [0, 0.1) is 6.92 Å². The summed E-state index contributed by atoms with van der Waals surface area (Å²) >= 11 is 0. The fourth-order valence-corrected chi connectivity index (χ4v) is 2.91. The summed E-state index contributed by atoms with van der Waals surface area (Å²) in [4.78, 5) is 29.6. The van der Waals surface area contributed by atoms with Gasteiger partial charge in [-0.15, -0.1) is 0 Å². The Labute approximate surface area is 145 Å². The van der Waals surface area contributed by atoms with E-state index in [1.807, 2.05) is 25.1 Å². The van der Waals surface area contributed by atoms with Crippen molar-refractivity contribution >= 4 is 11.9 Å². The number of aromatic nitrogens is 3. The van der Waals surface area contributed by atoms with Gasteiger partial charge >= 0.3 is 5.97 Å². The van der Waals surface area contributed by atoms with Gasteiger partial charge < -0.3 is 14.7 Å². The lowest BCUT2D eigenvalue weighted by Crippen LogP contribution is -2.54. The highest BCUT2D eigenvalue weighted by atomic mass is 16.5. The first-order valence-electron chi connectivity index (χ1n) is 8.08. The van der Waals surface area contributed by atoms with Gasteiger partial charge in [0.25, 0.3) is 0 Å². The molecule has 0 unspecified atom stereocenters. The summed E-state index contributed by atoms with van der Waals surface area (Å²) < 4.78 is 7.35. The van der Waals surface area contributed by atoms with Crippen molar-refractivity contribution in [2.24, 2.45) is 0 Å². The number of likely N-dealkylation sites (tertiary alicyclic amines) is 1. The Bertz CT molecular complexity index is 752. The second-order valence-corrected chi connectivity index (χ2v) is 6.14. The molecule has 0 bridgehead atoms. The van der Waals surface area contributed by atoms with E-state index < -0.39 is 11.6 Å². The van der Waals surface area contributed by atoms with E-state index in [-0.39, 0.29) is 25.3 Å². The quantitative estimate of drug-likeness (QED) is 0.873. The van der Waals surface area contributed by atoms with E-state index in [0.29, 0.717) is 18.8 Å². The van der Waals surface area contributed by atoms with Gasteiger partial charge in [-0.2, -0.15) is 5.10 Å². The first-order chi connectivity index (χ1) is 12.0. The van der Waals surface area contributed by atoms with Crippen LogP contribution in [0.4, 0.5) is 0 Å². The monoisotopic (exact) mass is 344 g/mol. The number of nitrogens with zero attached hydrogens (tertiary/aromatic N) is 4. The van der Waals surface area contributed by atoms with Gasteiger partial charge in [0.2, 0.25) is 11.5 Å². The highest BCUT2D eigenvalue weighted by Crippen LogP contribution is 2.31. The van der Waals surface area contributed by atoms with E-state index in [0.717, 1.165) is 5.56 Å². The summed E-state index contributed by atoms with van der Waals surface area (Å²) in [5.41, 5.74) is -0.427. The molecule has 1 aliphatic rings. The third-order valence-electron chi connectivity index (χ3n) is 4.48. The molecule has 8 nitrogen and oxygen atoms in total. The molecule has 1 aromatic carbocycles. The molecular formula is C17H20N4O4. The lowest BCUT2D eigenvalue weighted by Gasteiger charge is -2.39. The average molecular weight is 344 g/mol. The second-order valence-electron chi connectivity index (χ2n) is 6.14. The number of amides is 1. The number of piperidine rings is 1. The van der Waals surface area contributed by atoms with Crippen molar-refractivity contribution in [3.05, 3.63) is 42.5 Å². The number of aliphatic carboxylic acids is 1. The minimum Gasteiger partial charge on any atom is -0.478 e. The number of rotatable bonds is 5. The van der Waals surface area contributed by atoms with Gasteiger partial charge in [0.15, 0.2) is 0 Å². The summed E-state index contributed by atoms with van der Waals surface area (Å²) in [6, 6.07) is 7.33. The fourth-order valence-electron chi connectivity index (χ4n) is 2.91. The summed E-state index contributed by atoms with van der Waals surface area (Å²) in [5, 5.41) is 13.6. The summed E-state index contributed by atoms with van der Waals surface area (Å²) in [7, 11) is 0. The second kappa shape index (κ2) is 6.92. The van der Waals surface area contributed by atoms with Gasteiger partial charge in [-0.3, -0.25) is 4.79 Å². The zero-order chi connectivity index (χ0) is 17.9. The van der Waals surface area contributed by atoms with E-state index in [4.69, 9.17) is 4.74 Å². The number of ether oxygens (including phenoxy) is 1. The summed E-state index contributed by atoms with van der Waals surface area (Å²) in [6.07, 6.45) is 3.32. The van der Waals surface area contributed by atoms with Gasteiger partial charge in [-0.05, 0) is 18.6 Å². The molecule has 0 radical (unpaired) electrons. The number of hydrogen-bond acceptors (Lipinski definition) is 5. The number of para-hydroxylation sites is 1. The maximum atomic E-state index is 12.3. The van der Waals surface area contributed by atoms with E-state index in [9.17, 15) is 14.7 Å². The normalized spacial score (nSPS) is 16.4. The third-order valence-corrected chi connectivity index (χ3v) is 4.48. The van der Waals surface area contributed by atoms with Crippen LogP contribution in [0.5, 0.6) is 5.75 Å². The lowest BCUT2D eigenvalue weighted by atomic mass is 9.90. The number of benzene rings is 1. The molecule has 2 heterocycles. The van der Waals surface area contributed by atoms with Crippen LogP contribution in [-0.2, 0) is 16.1 Å². The molecule has 1 saturated heterocycles. The average Bonchev–Trinajstić information content (AvgIpc) is 3.10. The Morgan fingerprint density at radius 2 is 2.00 bits per heavy atom. The van der Waals surface area contributed by atoms with Gasteiger partial charge in [-0.25, -0.2) is 14.5 Å². The molecule has 1 fully saturated rings. The van der Waals surface area contributed by atoms with Crippen LogP contribution in [0.1, 0.15) is 18.4 Å². The molecule has 1 aliphatic heterocycles. The van der Waals surface area contributed by atoms with Crippen LogP contribution in [0.25, 0.3) is 0 Å². The van der Waals surface area contributed by atoms with Gasteiger partial charge in [0.1, 0.15) is 24.9 Å². The van der Waals surface area contributed by atoms with Crippen LogP contribution >= 0.6 is 0 Å². The van der Waals surface area contributed by atoms with Crippen molar-refractivity contribution in [1.29, 1.82) is 0 Å². The minimum absolute atomic E-state index is 0.0960. The predicted octanol–water partition coefficient (Wildman–Crippen LogP) is 1.11.